The van der Waals surface area contributed by atoms with Crippen molar-refractivity contribution in [2.45, 2.75) is 77.2 Å². The van der Waals surface area contributed by atoms with E-state index in [4.69, 9.17) is 5.11 Å². The molecule has 2 aliphatic rings. The zero-order valence-corrected chi connectivity index (χ0v) is 13.7. The highest BCUT2D eigenvalue weighted by molar-refractivity contribution is 5.74. The Morgan fingerprint density at radius 3 is 2.27 bits per heavy atom. The van der Waals surface area contributed by atoms with Crippen LogP contribution in [0.5, 0.6) is 0 Å². The van der Waals surface area contributed by atoms with Gasteiger partial charge in [0, 0.05) is 12.6 Å². The van der Waals surface area contributed by atoms with E-state index in [0.29, 0.717) is 12.8 Å². The fourth-order valence-electron chi connectivity index (χ4n) is 3.95. The van der Waals surface area contributed by atoms with Gasteiger partial charge in [0.15, 0.2) is 0 Å². The molecule has 0 atom stereocenters. The van der Waals surface area contributed by atoms with E-state index in [-0.39, 0.29) is 23.4 Å². The van der Waals surface area contributed by atoms with Gasteiger partial charge in [-0.05, 0) is 50.4 Å². The number of nitrogens with one attached hydrogen (secondary N) is 2. The second kappa shape index (κ2) is 7.84. The van der Waals surface area contributed by atoms with Crippen LogP contribution in [-0.2, 0) is 4.79 Å². The van der Waals surface area contributed by atoms with Gasteiger partial charge in [0.2, 0.25) is 0 Å². The second-order valence-corrected chi connectivity index (χ2v) is 7.13. The van der Waals surface area contributed by atoms with Gasteiger partial charge in [0.05, 0.1) is 5.92 Å². The summed E-state index contributed by atoms with van der Waals surface area (Å²) in [5.41, 5.74) is 0.288. The van der Waals surface area contributed by atoms with Crippen LogP contribution in [-0.4, -0.2) is 29.7 Å². The Morgan fingerprint density at radius 1 is 1.09 bits per heavy atom. The molecule has 0 bridgehead atoms. The predicted molar refractivity (Wildman–Crippen MR) is 85.7 cm³/mol. The summed E-state index contributed by atoms with van der Waals surface area (Å²) in [7, 11) is 0. The van der Waals surface area contributed by atoms with Gasteiger partial charge in [-0.15, -0.1) is 0 Å². The highest BCUT2D eigenvalue weighted by Crippen LogP contribution is 2.38. The molecule has 2 rings (SSSR count). The molecule has 3 N–H and O–H groups in total. The van der Waals surface area contributed by atoms with Crippen LogP contribution in [0.2, 0.25) is 0 Å². The zero-order chi connectivity index (χ0) is 16.0. The molecular formula is C17H30N2O3. The molecule has 0 aromatic rings. The van der Waals surface area contributed by atoms with Crippen LogP contribution in [0.15, 0.2) is 0 Å². The number of carbonyl (C=O) groups is 2. The van der Waals surface area contributed by atoms with Crippen LogP contribution in [0.1, 0.15) is 71.1 Å². The van der Waals surface area contributed by atoms with Crippen molar-refractivity contribution < 1.29 is 14.7 Å². The van der Waals surface area contributed by atoms with E-state index in [0.717, 1.165) is 25.8 Å². The quantitative estimate of drug-likeness (QED) is 0.729. The summed E-state index contributed by atoms with van der Waals surface area (Å²) in [6.45, 7) is 2.98. The van der Waals surface area contributed by atoms with E-state index < -0.39 is 5.97 Å². The average molecular weight is 310 g/mol. The average Bonchev–Trinajstić information content (AvgIpc) is 2.54. The smallest absolute Gasteiger partial charge is 0.315 e. The minimum atomic E-state index is -0.704. The van der Waals surface area contributed by atoms with Crippen molar-refractivity contribution in [3.63, 3.8) is 0 Å². The van der Waals surface area contributed by atoms with E-state index in [1.807, 2.05) is 0 Å². The number of hydrogen-bond acceptors (Lipinski definition) is 2. The van der Waals surface area contributed by atoms with E-state index in [2.05, 4.69) is 17.6 Å². The lowest BCUT2D eigenvalue weighted by Crippen LogP contribution is -2.47. The summed E-state index contributed by atoms with van der Waals surface area (Å²) in [6, 6.07) is 0.0386. The lowest BCUT2D eigenvalue weighted by Gasteiger charge is -2.37. The molecule has 2 fully saturated rings. The number of carbonyl (C=O) groups excluding carboxylic acids is 1. The first-order valence-corrected chi connectivity index (χ1v) is 8.82. The third-order valence-corrected chi connectivity index (χ3v) is 5.70. The van der Waals surface area contributed by atoms with Crippen LogP contribution in [0.4, 0.5) is 4.79 Å². The van der Waals surface area contributed by atoms with Gasteiger partial charge in [0.25, 0.3) is 0 Å². The fraction of sp³-hybridized carbons (Fsp3) is 0.882. The van der Waals surface area contributed by atoms with Gasteiger partial charge < -0.3 is 15.7 Å². The lowest BCUT2D eigenvalue weighted by molar-refractivity contribution is -0.142. The summed E-state index contributed by atoms with van der Waals surface area (Å²) in [5.74, 6) is -0.934. The molecule has 2 amide bonds. The molecule has 2 saturated carbocycles. The minimum absolute atomic E-state index is 0.0860. The predicted octanol–water partition coefficient (Wildman–Crippen LogP) is 3.29. The maximum absolute atomic E-state index is 12.1. The van der Waals surface area contributed by atoms with E-state index >= 15 is 0 Å². The Balaban J connectivity index is 1.71. The standard InChI is InChI=1S/C17H30N2O3/c1-2-17(10-4-3-5-11-17)12-18-16(22)19-14-8-6-13(7-9-14)15(20)21/h13-14H,2-12H2,1H3,(H,20,21)(H2,18,19,22). The molecule has 0 radical (unpaired) electrons. The Hall–Kier alpha value is -1.26. The van der Waals surface area contributed by atoms with Gasteiger partial charge >= 0.3 is 12.0 Å². The van der Waals surface area contributed by atoms with Crippen molar-refractivity contribution >= 4 is 12.0 Å². The lowest BCUT2D eigenvalue weighted by atomic mass is 9.72. The number of carboxylic acids is 1. The summed E-state index contributed by atoms with van der Waals surface area (Å²) in [4.78, 5) is 23.0. The number of carboxylic acid groups (broad SMARTS) is 1. The van der Waals surface area contributed by atoms with Crippen LogP contribution in [0, 0.1) is 11.3 Å². The van der Waals surface area contributed by atoms with E-state index in [1.165, 1.54) is 32.1 Å². The Labute approximate surface area is 133 Å². The Morgan fingerprint density at radius 2 is 1.73 bits per heavy atom. The maximum Gasteiger partial charge on any atom is 0.315 e. The number of aliphatic carboxylic acids is 1. The Kier molecular flexibility index (Phi) is 6.09. The highest BCUT2D eigenvalue weighted by Gasteiger charge is 2.31. The van der Waals surface area contributed by atoms with Crippen LogP contribution < -0.4 is 10.6 Å². The molecule has 0 spiro atoms. The summed E-state index contributed by atoms with van der Waals surface area (Å²) in [6.07, 6.45) is 10.3. The molecule has 0 unspecified atom stereocenters. The van der Waals surface area contributed by atoms with Crippen molar-refractivity contribution in [2.75, 3.05) is 6.54 Å². The number of rotatable bonds is 5. The molecule has 5 heteroatoms. The molecular weight excluding hydrogens is 280 g/mol. The monoisotopic (exact) mass is 310 g/mol. The molecule has 2 aliphatic carbocycles. The molecule has 22 heavy (non-hydrogen) atoms. The van der Waals surface area contributed by atoms with Gasteiger partial charge in [-0.1, -0.05) is 26.2 Å². The van der Waals surface area contributed by atoms with Gasteiger partial charge in [-0.25, -0.2) is 4.79 Å². The van der Waals surface area contributed by atoms with Crippen molar-refractivity contribution in [2.24, 2.45) is 11.3 Å². The largest absolute Gasteiger partial charge is 0.481 e. The van der Waals surface area contributed by atoms with Crippen LogP contribution in [0.3, 0.4) is 0 Å². The first-order valence-electron chi connectivity index (χ1n) is 8.82. The number of hydrogen-bond donors (Lipinski definition) is 3. The molecule has 126 valence electrons. The fourth-order valence-corrected chi connectivity index (χ4v) is 3.95. The number of urea groups is 1. The van der Waals surface area contributed by atoms with Crippen LogP contribution >= 0.6 is 0 Å². The molecule has 0 heterocycles. The third kappa shape index (κ3) is 4.62. The molecule has 0 aliphatic heterocycles. The van der Waals surface area contributed by atoms with Crippen molar-refractivity contribution in [1.29, 1.82) is 0 Å². The van der Waals surface area contributed by atoms with Crippen molar-refractivity contribution in [3.05, 3.63) is 0 Å². The maximum atomic E-state index is 12.1. The van der Waals surface area contributed by atoms with Gasteiger partial charge in [-0.3, -0.25) is 4.79 Å². The first-order chi connectivity index (χ1) is 10.5. The summed E-state index contributed by atoms with van der Waals surface area (Å²) < 4.78 is 0. The third-order valence-electron chi connectivity index (χ3n) is 5.70. The van der Waals surface area contributed by atoms with Crippen molar-refractivity contribution in [3.8, 4) is 0 Å². The molecule has 0 saturated heterocycles. The summed E-state index contributed by atoms with van der Waals surface area (Å²) >= 11 is 0. The second-order valence-electron chi connectivity index (χ2n) is 7.13. The highest BCUT2D eigenvalue weighted by atomic mass is 16.4. The number of amides is 2. The molecule has 0 aromatic heterocycles. The van der Waals surface area contributed by atoms with Gasteiger partial charge in [-0.2, -0.15) is 0 Å². The zero-order valence-electron chi connectivity index (χ0n) is 13.7. The molecule has 0 aromatic carbocycles. The van der Waals surface area contributed by atoms with Gasteiger partial charge in [0.1, 0.15) is 0 Å². The summed E-state index contributed by atoms with van der Waals surface area (Å²) in [5, 5.41) is 15.1. The first kappa shape index (κ1) is 17.1. The topological polar surface area (TPSA) is 78.4 Å². The normalized spacial score (nSPS) is 27.9. The minimum Gasteiger partial charge on any atom is -0.481 e. The molecule has 5 nitrogen and oxygen atoms in total. The SMILES string of the molecule is CCC1(CNC(=O)NC2CCC(C(=O)O)CC2)CCCCC1. The van der Waals surface area contributed by atoms with Crippen molar-refractivity contribution in [1.82, 2.24) is 10.6 Å². The van der Waals surface area contributed by atoms with E-state index in [9.17, 15) is 9.59 Å². The Bertz CT molecular complexity index is 383. The van der Waals surface area contributed by atoms with Crippen LogP contribution in [0.25, 0.3) is 0 Å². The van der Waals surface area contributed by atoms with E-state index in [1.54, 1.807) is 0 Å².